The smallest absolute Gasteiger partial charge is 0.319 e. The molecule has 43 heavy (non-hydrogen) atoms. The zero-order valence-corrected chi connectivity index (χ0v) is 25.6. The highest BCUT2D eigenvalue weighted by atomic mass is 35.5. The lowest BCUT2D eigenvalue weighted by Crippen LogP contribution is -2.59. The second-order valence-electron chi connectivity index (χ2n) is 11.8. The van der Waals surface area contributed by atoms with Crippen molar-refractivity contribution in [2.45, 2.75) is 51.7 Å². The van der Waals surface area contributed by atoms with Gasteiger partial charge in [0.1, 0.15) is 24.1 Å². The van der Waals surface area contributed by atoms with E-state index < -0.39 is 12.1 Å². The number of phenolic OH excluding ortho intramolecular Hbond substituents is 1. The zero-order valence-electron chi connectivity index (χ0n) is 24.8. The quantitative estimate of drug-likeness (QED) is 0.142. The van der Waals surface area contributed by atoms with Crippen LogP contribution in [0.15, 0.2) is 72.8 Å². The van der Waals surface area contributed by atoms with E-state index in [-0.39, 0.29) is 36.0 Å². The monoisotopic (exact) mass is 607 g/mol. The fourth-order valence-electron chi connectivity index (χ4n) is 5.27. The maximum Gasteiger partial charge on any atom is 0.319 e. The number of anilines is 1. The number of nitrogens with one attached hydrogen (secondary N) is 3. The van der Waals surface area contributed by atoms with Crippen LogP contribution in [0, 0.1) is 5.92 Å². The molecule has 0 bridgehead atoms. The van der Waals surface area contributed by atoms with Crippen molar-refractivity contribution >= 4 is 35.2 Å². The number of piperidine rings is 1. The predicted octanol–water partition coefficient (Wildman–Crippen LogP) is 5.27. The van der Waals surface area contributed by atoms with Gasteiger partial charge in [0.2, 0.25) is 5.91 Å². The SMILES string of the molecule is CC(C)C(=O)Oc1ccc(NC(=O)N[C@@H](Cc2ccc(O)cc2)C(=O)N[C@H]2CCC[N+](C)(Cc3ccc(Cl)cc3)C2)cc1. The fraction of sp³-hybridized carbons (Fsp3) is 0.364. The number of benzene rings is 3. The molecule has 1 aliphatic heterocycles. The van der Waals surface area contributed by atoms with Crippen molar-refractivity contribution in [1.29, 1.82) is 0 Å². The average molecular weight is 608 g/mol. The van der Waals surface area contributed by atoms with E-state index in [2.05, 4.69) is 23.0 Å². The third-order valence-electron chi connectivity index (χ3n) is 7.54. The molecule has 0 aliphatic carbocycles. The van der Waals surface area contributed by atoms with Crippen molar-refractivity contribution in [3.05, 3.63) is 88.9 Å². The fourth-order valence-corrected chi connectivity index (χ4v) is 5.40. The lowest BCUT2D eigenvalue weighted by molar-refractivity contribution is -0.927. The number of halogens is 1. The van der Waals surface area contributed by atoms with Gasteiger partial charge in [0.15, 0.2) is 0 Å². The molecule has 0 spiro atoms. The number of hydrogen-bond acceptors (Lipinski definition) is 5. The van der Waals surface area contributed by atoms with Crippen LogP contribution in [0.3, 0.4) is 0 Å². The van der Waals surface area contributed by atoms with Crippen LogP contribution < -0.4 is 20.7 Å². The number of esters is 1. The van der Waals surface area contributed by atoms with Gasteiger partial charge in [-0.3, -0.25) is 9.59 Å². The van der Waals surface area contributed by atoms with Crippen LogP contribution in [0.1, 0.15) is 37.8 Å². The Morgan fingerprint density at radius 3 is 2.28 bits per heavy atom. The Bertz CT molecular complexity index is 1400. The molecule has 3 amide bonds. The Morgan fingerprint density at radius 1 is 0.977 bits per heavy atom. The van der Waals surface area contributed by atoms with Gasteiger partial charge >= 0.3 is 12.0 Å². The average Bonchev–Trinajstić information content (AvgIpc) is 2.96. The van der Waals surface area contributed by atoms with E-state index in [4.69, 9.17) is 16.3 Å². The largest absolute Gasteiger partial charge is 0.508 e. The van der Waals surface area contributed by atoms with Crippen molar-refractivity contribution in [3.63, 3.8) is 0 Å². The maximum atomic E-state index is 13.6. The molecule has 4 N–H and O–H groups in total. The van der Waals surface area contributed by atoms with E-state index in [9.17, 15) is 19.5 Å². The molecule has 1 aliphatic rings. The number of ether oxygens (including phenoxy) is 1. The highest BCUT2D eigenvalue weighted by Gasteiger charge is 2.34. The standard InChI is InChI=1S/C33H39ClN4O5/c1-22(2)32(41)43-29-16-12-26(13-17-29)36-33(42)37-30(19-23-8-14-28(39)15-9-23)31(40)35-27-5-4-18-38(3,21-27)20-24-6-10-25(34)11-7-24/h6-17,22,27,30H,4-5,18-21H2,1-3H3,(H3-,35,36,37,39,40,42)/p+1/t27-,30-,38?/m0/s1. The first-order chi connectivity index (χ1) is 20.5. The second-order valence-corrected chi connectivity index (χ2v) is 12.2. The van der Waals surface area contributed by atoms with Gasteiger partial charge in [0.25, 0.3) is 0 Å². The molecular weight excluding hydrogens is 568 g/mol. The van der Waals surface area contributed by atoms with Crippen molar-refractivity contribution in [2.75, 3.05) is 25.5 Å². The van der Waals surface area contributed by atoms with Crippen LogP contribution in [0.4, 0.5) is 10.5 Å². The van der Waals surface area contributed by atoms with Crippen LogP contribution in [-0.2, 0) is 22.6 Å². The van der Waals surface area contributed by atoms with Gasteiger partial charge in [0, 0.05) is 22.7 Å². The normalized spacial score (nSPS) is 18.9. The number of likely N-dealkylation sites (tertiary alicyclic amines) is 1. The van der Waals surface area contributed by atoms with E-state index >= 15 is 0 Å². The number of hydrogen-bond donors (Lipinski definition) is 4. The summed E-state index contributed by atoms with van der Waals surface area (Å²) in [4.78, 5) is 38.5. The van der Waals surface area contributed by atoms with Gasteiger partial charge in [-0.15, -0.1) is 0 Å². The van der Waals surface area contributed by atoms with Crippen LogP contribution >= 0.6 is 11.6 Å². The van der Waals surface area contributed by atoms with Crippen LogP contribution in [0.5, 0.6) is 11.5 Å². The minimum atomic E-state index is -0.854. The van der Waals surface area contributed by atoms with E-state index in [1.165, 1.54) is 5.56 Å². The van der Waals surface area contributed by atoms with Crippen molar-refractivity contribution in [1.82, 2.24) is 10.6 Å². The summed E-state index contributed by atoms with van der Waals surface area (Å²) in [6, 6.07) is 19.4. The second kappa shape index (κ2) is 14.4. The number of nitrogens with zero attached hydrogens (tertiary/aromatic N) is 1. The van der Waals surface area contributed by atoms with Gasteiger partial charge in [-0.1, -0.05) is 49.7 Å². The lowest BCUT2D eigenvalue weighted by Gasteiger charge is -2.42. The molecule has 0 saturated carbocycles. The van der Waals surface area contributed by atoms with E-state index in [0.29, 0.717) is 16.5 Å². The van der Waals surface area contributed by atoms with Gasteiger partial charge < -0.3 is 30.3 Å². The topological polar surface area (TPSA) is 117 Å². The highest BCUT2D eigenvalue weighted by Crippen LogP contribution is 2.22. The molecule has 1 fully saturated rings. The minimum absolute atomic E-state index is 0.0492. The van der Waals surface area contributed by atoms with Crippen molar-refractivity contribution < 1.29 is 28.7 Å². The third-order valence-corrected chi connectivity index (χ3v) is 7.79. The van der Waals surface area contributed by atoms with E-state index in [0.717, 1.165) is 42.5 Å². The number of amides is 3. The van der Waals surface area contributed by atoms with Crippen molar-refractivity contribution in [2.24, 2.45) is 5.92 Å². The summed E-state index contributed by atoms with van der Waals surface area (Å²) >= 11 is 6.06. The molecule has 228 valence electrons. The molecule has 3 aromatic carbocycles. The minimum Gasteiger partial charge on any atom is -0.508 e. The number of rotatable bonds is 10. The van der Waals surface area contributed by atoms with Gasteiger partial charge in [-0.2, -0.15) is 0 Å². The zero-order chi connectivity index (χ0) is 31.0. The highest BCUT2D eigenvalue weighted by molar-refractivity contribution is 6.30. The number of urea groups is 1. The van der Waals surface area contributed by atoms with Crippen LogP contribution in [0.25, 0.3) is 0 Å². The number of carbonyl (C=O) groups excluding carboxylic acids is 3. The number of carbonyl (C=O) groups is 3. The summed E-state index contributed by atoms with van der Waals surface area (Å²) in [5.74, 6) is -0.376. The first-order valence-electron chi connectivity index (χ1n) is 14.5. The van der Waals surface area contributed by atoms with Crippen LogP contribution in [-0.4, -0.2) is 59.7 Å². The van der Waals surface area contributed by atoms with Crippen molar-refractivity contribution in [3.8, 4) is 11.5 Å². The molecule has 3 atom stereocenters. The Labute approximate surface area is 257 Å². The Balaban J connectivity index is 1.40. The number of phenols is 1. The molecule has 9 nitrogen and oxygen atoms in total. The number of likely N-dealkylation sites (N-methyl/N-ethyl adjacent to an activating group) is 1. The first-order valence-corrected chi connectivity index (χ1v) is 14.9. The summed E-state index contributed by atoms with van der Waals surface area (Å²) < 4.78 is 6.07. The molecule has 4 rings (SSSR count). The first kappa shape index (κ1) is 31.8. The summed E-state index contributed by atoms with van der Waals surface area (Å²) in [5, 5.41) is 19.2. The molecule has 3 aromatic rings. The molecular formula is C33H40ClN4O5+. The van der Waals surface area contributed by atoms with Crippen LogP contribution in [0.2, 0.25) is 5.02 Å². The Morgan fingerprint density at radius 2 is 1.63 bits per heavy atom. The maximum absolute atomic E-state index is 13.6. The lowest BCUT2D eigenvalue weighted by atomic mass is 10.00. The predicted molar refractivity (Wildman–Crippen MR) is 167 cm³/mol. The molecule has 1 saturated heterocycles. The number of aromatic hydroxyl groups is 1. The summed E-state index contributed by atoms with van der Waals surface area (Å²) in [5.41, 5.74) is 2.46. The van der Waals surface area contributed by atoms with Gasteiger partial charge in [-0.05, 0) is 66.9 Å². The molecule has 10 heteroatoms. The number of quaternary nitrogens is 1. The Kier molecular flexibility index (Phi) is 10.7. The van der Waals surface area contributed by atoms with E-state index in [1.54, 1.807) is 62.4 Å². The Hall–Kier alpha value is -4.08. The molecule has 0 aromatic heterocycles. The van der Waals surface area contributed by atoms with Gasteiger partial charge in [-0.25, -0.2) is 4.79 Å². The molecule has 1 heterocycles. The van der Waals surface area contributed by atoms with Gasteiger partial charge in [0.05, 0.1) is 32.1 Å². The summed E-state index contributed by atoms with van der Waals surface area (Å²) in [6.45, 7) is 6.10. The summed E-state index contributed by atoms with van der Waals surface area (Å²) in [6.07, 6.45) is 2.06. The third kappa shape index (κ3) is 9.73. The summed E-state index contributed by atoms with van der Waals surface area (Å²) in [7, 11) is 2.20. The molecule has 1 unspecified atom stereocenters. The molecule has 0 radical (unpaired) electrons. The van der Waals surface area contributed by atoms with E-state index in [1.807, 2.05) is 24.3 Å².